The first kappa shape index (κ1) is 34.8. The molecule has 4 rings (SSSR count). The van der Waals surface area contributed by atoms with Crippen molar-refractivity contribution < 1.29 is 31.9 Å². The number of alkyl halides is 3. The first-order chi connectivity index (χ1) is 20.4. The van der Waals surface area contributed by atoms with Crippen molar-refractivity contribution in [1.82, 2.24) is 14.7 Å². The summed E-state index contributed by atoms with van der Waals surface area (Å²) in [6.45, 7) is 11.0. The van der Waals surface area contributed by atoms with Crippen LogP contribution in [0.15, 0.2) is 24.4 Å². The van der Waals surface area contributed by atoms with Crippen LogP contribution in [0.1, 0.15) is 86.1 Å². The van der Waals surface area contributed by atoms with Crippen molar-refractivity contribution in [3.8, 4) is 0 Å². The SMILES string of the molecule is CCOC(=O)[C@]1(C)CC[C@@H](n2ncc(C(=O)N(CC(O[Si](C)(C)C)c3c(Cl)cccc3Cl)CC3(C(F)(F)F)CC3)c2C)CC1. The zero-order valence-corrected chi connectivity index (χ0v) is 28.7. The Bertz CT molecular complexity index is 1350. The van der Waals surface area contributed by atoms with E-state index < -0.39 is 43.9 Å². The molecule has 1 aromatic carbocycles. The average molecular weight is 677 g/mol. The molecule has 2 aliphatic rings. The molecule has 0 spiro atoms. The molecule has 44 heavy (non-hydrogen) atoms. The summed E-state index contributed by atoms with van der Waals surface area (Å²) < 4.78 is 56.2. The maximum Gasteiger partial charge on any atom is 0.396 e. The summed E-state index contributed by atoms with van der Waals surface area (Å²) in [5.41, 5.74) is -1.29. The van der Waals surface area contributed by atoms with Gasteiger partial charge in [0.1, 0.15) is 0 Å². The molecule has 0 aliphatic heterocycles. The van der Waals surface area contributed by atoms with Crippen LogP contribution < -0.4 is 0 Å². The molecule has 1 unspecified atom stereocenters. The number of carbonyl (C=O) groups is 2. The number of nitrogens with zero attached hydrogens (tertiary/aromatic N) is 3. The van der Waals surface area contributed by atoms with Crippen LogP contribution in [0.5, 0.6) is 0 Å². The van der Waals surface area contributed by atoms with E-state index in [1.807, 2.05) is 26.6 Å². The Balaban J connectivity index is 1.65. The maximum atomic E-state index is 14.2. The highest BCUT2D eigenvalue weighted by Crippen LogP contribution is 2.58. The molecule has 7 nitrogen and oxygen atoms in total. The minimum Gasteiger partial charge on any atom is -0.466 e. The molecule has 1 atom stereocenters. The molecule has 0 N–H and O–H groups in total. The van der Waals surface area contributed by atoms with E-state index in [0.29, 0.717) is 53.6 Å². The van der Waals surface area contributed by atoms with E-state index in [4.69, 9.17) is 32.4 Å². The van der Waals surface area contributed by atoms with Crippen LogP contribution in [0.25, 0.3) is 0 Å². The summed E-state index contributed by atoms with van der Waals surface area (Å²) >= 11 is 13.1. The van der Waals surface area contributed by atoms with E-state index in [1.54, 1.807) is 36.7 Å². The quantitative estimate of drug-likeness (QED) is 0.176. The number of carbonyl (C=O) groups excluding carboxylic acids is 2. The second-order valence-corrected chi connectivity index (χ2v) is 18.7. The van der Waals surface area contributed by atoms with E-state index in [2.05, 4.69) is 5.10 Å². The molecule has 1 amide bonds. The third-order valence-corrected chi connectivity index (χ3v) is 10.5. The number of esters is 1. The lowest BCUT2D eigenvalue weighted by molar-refractivity contribution is -0.190. The number of halogens is 5. The lowest BCUT2D eigenvalue weighted by atomic mass is 9.74. The molecule has 1 aromatic heterocycles. The summed E-state index contributed by atoms with van der Waals surface area (Å²) in [6, 6.07) is 4.93. The van der Waals surface area contributed by atoms with E-state index in [9.17, 15) is 22.8 Å². The van der Waals surface area contributed by atoms with E-state index in [1.165, 1.54) is 11.1 Å². The van der Waals surface area contributed by atoms with Gasteiger partial charge in [0.05, 0.1) is 47.9 Å². The topological polar surface area (TPSA) is 73.7 Å². The highest BCUT2D eigenvalue weighted by atomic mass is 35.5. The molecular formula is C31H42Cl2F3N3O4Si. The second-order valence-electron chi connectivity index (χ2n) is 13.4. The predicted octanol–water partition coefficient (Wildman–Crippen LogP) is 8.56. The molecule has 1 heterocycles. The minimum atomic E-state index is -4.46. The largest absolute Gasteiger partial charge is 0.466 e. The van der Waals surface area contributed by atoms with E-state index >= 15 is 0 Å². The summed E-state index contributed by atoms with van der Waals surface area (Å²) in [6.07, 6.45) is -1.43. The first-order valence-corrected chi connectivity index (χ1v) is 19.3. The van der Waals surface area contributed by atoms with Crippen molar-refractivity contribution in [2.75, 3.05) is 19.7 Å². The smallest absolute Gasteiger partial charge is 0.396 e. The summed E-state index contributed by atoms with van der Waals surface area (Å²) in [7, 11) is -2.29. The Labute approximate surface area is 268 Å². The third kappa shape index (κ3) is 7.48. The van der Waals surface area contributed by atoms with Crippen molar-refractivity contribution in [3.63, 3.8) is 0 Å². The lowest BCUT2D eigenvalue weighted by Crippen LogP contribution is -2.45. The van der Waals surface area contributed by atoms with Gasteiger partial charge in [-0.1, -0.05) is 29.3 Å². The normalized spacial score (nSPS) is 22.4. The third-order valence-electron chi connectivity index (χ3n) is 8.89. The highest BCUT2D eigenvalue weighted by Gasteiger charge is 2.64. The van der Waals surface area contributed by atoms with Gasteiger partial charge in [-0.3, -0.25) is 14.3 Å². The molecule has 2 saturated carbocycles. The van der Waals surface area contributed by atoms with Crippen LogP contribution >= 0.6 is 23.2 Å². The lowest BCUT2D eigenvalue weighted by Gasteiger charge is -2.36. The number of amides is 1. The van der Waals surface area contributed by atoms with Gasteiger partial charge in [0.15, 0.2) is 8.32 Å². The van der Waals surface area contributed by atoms with E-state index in [0.717, 1.165) is 0 Å². The highest BCUT2D eigenvalue weighted by molar-refractivity contribution is 6.69. The first-order valence-electron chi connectivity index (χ1n) is 15.1. The molecule has 0 bridgehead atoms. The van der Waals surface area contributed by atoms with E-state index in [-0.39, 0.29) is 37.0 Å². The van der Waals surface area contributed by atoms with Crippen LogP contribution in [0, 0.1) is 17.8 Å². The molecular weight excluding hydrogens is 634 g/mol. The van der Waals surface area contributed by atoms with Gasteiger partial charge in [-0.2, -0.15) is 18.3 Å². The van der Waals surface area contributed by atoms with Crippen molar-refractivity contribution in [3.05, 3.63) is 51.3 Å². The van der Waals surface area contributed by atoms with Crippen LogP contribution in [0.3, 0.4) is 0 Å². The average Bonchev–Trinajstić information content (AvgIpc) is 3.62. The van der Waals surface area contributed by atoms with Gasteiger partial charge in [-0.25, -0.2) is 0 Å². The molecule has 0 saturated heterocycles. The van der Waals surface area contributed by atoms with Gasteiger partial charge in [-0.15, -0.1) is 0 Å². The van der Waals surface area contributed by atoms with Crippen molar-refractivity contribution >= 4 is 43.4 Å². The summed E-state index contributed by atoms with van der Waals surface area (Å²) in [5.74, 6) is -0.765. The van der Waals surface area contributed by atoms with Crippen molar-refractivity contribution in [2.45, 2.75) is 97.3 Å². The molecule has 0 radical (unpaired) electrons. The van der Waals surface area contributed by atoms with Crippen molar-refractivity contribution in [2.24, 2.45) is 10.8 Å². The fourth-order valence-corrected chi connectivity index (χ4v) is 7.75. The minimum absolute atomic E-state index is 0.0494. The number of aromatic nitrogens is 2. The zero-order chi connectivity index (χ0) is 32.7. The Morgan fingerprint density at radius 1 is 1.14 bits per heavy atom. The predicted molar refractivity (Wildman–Crippen MR) is 166 cm³/mol. The van der Waals surface area contributed by atoms with Gasteiger partial charge in [0, 0.05) is 27.8 Å². The van der Waals surface area contributed by atoms with Gasteiger partial charge < -0.3 is 14.1 Å². The Morgan fingerprint density at radius 2 is 1.73 bits per heavy atom. The monoisotopic (exact) mass is 675 g/mol. The van der Waals surface area contributed by atoms with Crippen LogP contribution in [0.4, 0.5) is 13.2 Å². The van der Waals surface area contributed by atoms with Gasteiger partial charge >= 0.3 is 12.1 Å². The van der Waals surface area contributed by atoms with Gasteiger partial charge in [-0.05, 0) is 91.1 Å². The summed E-state index contributed by atoms with van der Waals surface area (Å²) in [5, 5.41) is 5.16. The molecule has 244 valence electrons. The van der Waals surface area contributed by atoms with Gasteiger partial charge in [0.25, 0.3) is 5.91 Å². The number of ether oxygens (including phenoxy) is 1. The Morgan fingerprint density at radius 3 is 2.23 bits per heavy atom. The molecule has 2 fully saturated rings. The molecule has 2 aliphatic carbocycles. The number of hydrogen-bond donors (Lipinski definition) is 0. The number of rotatable bonds is 11. The maximum absolute atomic E-state index is 14.2. The number of benzene rings is 1. The standard InChI is InChI=1S/C31H42Cl2F3N3O4Si/c1-7-42-28(41)29(3)13-11-21(12-14-29)39-20(2)22(17-37-39)27(40)38(19-30(15-16-30)31(34,35)36)18-25(43-44(4,5)6)26-23(32)9-8-10-24(26)33/h8-10,17,21,25H,7,11-16,18-19H2,1-6H3/t21-,25?,29-. The Kier molecular flexibility index (Phi) is 10.2. The fraction of sp³-hybridized carbons (Fsp3) is 0.645. The Hall–Kier alpha value is -2.08. The fourth-order valence-electron chi connectivity index (χ4n) is 6.06. The van der Waals surface area contributed by atoms with Crippen LogP contribution in [-0.2, 0) is 14.0 Å². The van der Waals surface area contributed by atoms with Crippen molar-refractivity contribution in [1.29, 1.82) is 0 Å². The molecule has 2 aromatic rings. The van der Waals surface area contributed by atoms with Gasteiger partial charge in [0.2, 0.25) is 0 Å². The number of hydrogen-bond acceptors (Lipinski definition) is 5. The molecule has 13 heteroatoms. The van der Waals surface area contributed by atoms with Crippen LogP contribution in [-0.4, -0.2) is 60.7 Å². The summed E-state index contributed by atoms with van der Waals surface area (Å²) in [4.78, 5) is 28.0. The van der Waals surface area contributed by atoms with Crippen LogP contribution in [0.2, 0.25) is 29.7 Å². The zero-order valence-electron chi connectivity index (χ0n) is 26.2. The second kappa shape index (κ2) is 13.0.